The van der Waals surface area contributed by atoms with Crippen molar-refractivity contribution in [2.24, 2.45) is 0 Å². The van der Waals surface area contributed by atoms with Crippen LogP contribution < -0.4 is 5.46 Å². The summed E-state index contributed by atoms with van der Waals surface area (Å²) < 4.78 is 76.7. The van der Waals surface area contributed by atoms with E-state index >= 15 is 0 Å². The first kappa shape index (κ1) is 17.3. The molecular formula is C13H8BF6NO2. The zero-order chi connectivity index (χ0) is 17.4. The van der Waals surface area contributed by atoms with Gasteiger partial charge in [-0.15, -0.1) is 0 Å². The van der Waals surface area contributed by atoms with Gasteiger partial charge < -0.3 is 10.0 Å². The molecule has 0 saturated heterocycles. The molecule has 0 radical (unpaired) electrons. The van der Waals surface area contributed by atoms with Crippen LogP contribution in [0.2, 0.25) is 0 Å². The van der Waals surface area contributed by atoms with Crippen molar-refractivity contribution < 1.29 is 36.4 Å². The van der Waals surface area contributed by atoms with Crippen LogP contribution in [0.3, 0.4) is 0 Å². The first-order valence-electron chi connectivity index (χ1n) is 6.12. The number of nitrogens with zero attached hydrogens (tertiary/aromatic N) is 1. The van der Waals surface area contributed by atoms with E-state index in [2.05, 4.69) is 4.98 Å². The topological polar surface area (TPSA) is 53.4 Å². The second-order valence-corrected chi connectivity index (χ2v) is 4.58. The van der Waals surface area contributed by atoms with Crippen molar-refractivity contribution in [2.45, 2.75) is 12.4 Å². The van der Waals surface area contributed by atoms with E-state index in [-0.39, 0.29) is 11.3 Å². The number of aromatic nitrogens is 1. The molecule has 0 aliphatic heterocycles. The second kappa shape index (κ2) is 5.86. The summed E-state index contributed by atoms with van der Waals surface area (Å²) in [4.78, 5) is 3.25. The normalized spacial score (nSPS) is 12.3. The summed E-state index contributed by atoms with van der Waals surface area (Å²) in [6, 6.07) is 5.40. The Hall–Kier alpha value is -2.07. The Morgan fingerprint density at radius 3 is 2.04 bits per heavy atom. The third-order valence-corrected chi connectivity index (χ3v) is 2.96. The Kier molecular flexibility index (Phi) is 4.40. The molecule has 0 saturated carbocycles. The van der Waals surface area contributed by atoms with Crippen molar-refractivity contribution in [3.05, 3.63) is 47.7 Å². The number of rotatable bonds is 2. The van der Waals surface area contributed by atoms with Gasteiger partial charge in [-0.05, 0) is 18.2 Å². The fourth-order valence-corrected chi connectivity index (χ4v) is 1.92. The van der Waals surface area contributed by atoms with Crippen LogP contribution in [0.1, 0.15) is 11.3 Å². The van der Waals surface area contributed by atoms with Crippen LogP contribution >= 0.6 is 0 Å². The highest BCUT2D eigenvalue weighted by Gasteiger charge is 2.38. The van der Waals surface area contributed by atoms with Gasteiger partial charge in [0.2, 0.25) is 0 Å². The van der Waals surface area contributed by atoms with Gasteiger partial charge in [-0.25, -0.2) is 4.98 Å². The quantitative estimate of drug-likeness (QED) is 0.655. The van der Waals surface area contributed by atoms with E-state index < -0.39 is 36.2 Å². The Morgan fingerprint density at radius 2 is 1.52 bits per heavy atom. The summed E-state index contributed by atoms with van der Waals surface area (Å²) in [7, 11) is -2.41. The van der Waals surface area contributed by atoms with Gasteiger partial charge >= 0.3 is 19.5 Å². The van der Waals surface area contributed by atoms with Crippen LogP contribution in [0.5, 0.6) is 0 Å². The van der Waals surface area contributed by atoms with Crippen LogP contribution in [0.25, 0.3) is 11.3 Å². The Bertz CT molecular complexity index is 714. The molecule has 2 rings (SSSR count). The first-order valence-corrected chi connectivity index (χ1v) is 6.12. The van der Waals surface area contributed by atoms with Gasteiger partial charge in [-0.3, -0.25) is 0 Å². The lowest BCUT2D eigenvalue weighted by Gasteiger charge is -2.14. The Balaban J connectivity index is 2.58. The lowest BCUT2D eigenvalue weighted by Crippen LogP contribution is -2.37. The van der Waals surface area contributed by atoms with Crippen molar-refractivity contribution >= 4 is 12.6 Å². The largest absolute Gasteiger partial charge is 0.490 e. The predicted molar refractivity (Wildman–Crippen MR) is 69.5 cm³/mol. The molecule has 0 atom stereocenters. The minimum Gasteiger partial charge on any atom is -0.423 e. The smallest absolute Gasteiger partial charge is 0.423 e. The maximum atomic E-state index is 12.9. The molecule has 0 aliphatic carbocycles. The fourth-order valence-electron chi connectivity index (χ4n) is 1.92. The van der Waals surface area contributed by atoms with Crippen LogP contribution in [-0.4, -0.2) is 22.2 Å². The van der Waals surface area contributed by atoms with Gasteiger partial charge in [0.1, 0.15) is 5.69 Å². The van der Waals surface area contributed by atoms with Crippen molar-refractivity contribution in [3.63, 3.8) is 0 Å². The minimum atomic E-state index is -4.99. The van der Waals surface area contributed by atoms with Crippen LogP contribution in [-0.2, 0) is 12.4 Å². The monoisotopic (exact) mass is 335 g/mol. The average molecular weight is 335 g/mol. The molecule has 0 spiro atoms. The van der Waals surface area contributed by atoms with Crippen molar-refractivity contribution in [1.82, 2.24) is 4.98 Å². The first-order chi connectivity index (χ1) is 10.5. The maximum absolute atomic E-state index is 12.9. The van der Waals surface area contributed by atoms with Crippen LogP contribution in [0, 0.1) is 0 Å². The summed E-state index contributed by atoms with van der Waals surface area (Å²) in [6.45, 7) is 0. The molecule has 0 amide bonds. The highest BCUT2D eigenvalue weighted by atomic mass is 19.4. The van der Waals surface area contributed by atoms with E-state index in [0.717, 1.165) is 24.3 Å². The Labute approximate surface area is 126 Å². The second-order valence-electron chi connectivity index (χ2n) is 4.58. The fraction of sp³-hybridized carbons (Fsp3) is 0.154. The highest BCUT2D eigenvalue weighted by molar-refractivity contribution is 6.59. The van der Waals surface area contributed by atoms with E-state index in [1.807, 2.05) is 0 Å². The standard InChI is InChI=1S/C13H8BF6NO2/c15-12(16,17)8-3-1-2-7(6-8)10-5-4-9(14(22)23)11(21-10)13(18,19)20/h1-6,22-23H. The number of alkyl halides is 6. The molecule has 0 bridgehead atoms. The van der Waals surface area contributed by atoms with Crippen molar-refractivity contribution in [2.75, 3.05) is 0 Å². The van der Waals surface area contributed by atoms with Gasteiger partial charge in [0.15, 0.2) is 0 Å². The molecule has 0 unspecified atom stereocenters. The number of pyridine rings is 1. The minimum absolute atomic E-state index is 0.177. The molecule has 0 fully saturated rings. The summed E-state index contributed by atoms with van der Waals surface area (Å²) in [5, 5.41) is 17.9. The molecule has 1 heterocycles. The molecule has 1 aromatic heterocycles. The third kappa shape index (κ3) is 3.83. The highest BCUT2D eigenvalue weighted by Crippen LogP contribution is 2.33. The number of halogens is 6. The van der Waals surface area contributed by atoms with Gasteiger partial charge in [0.25, 0.3) is 0 Å². The summed E-state index contributed by atoms with van der Waals surface area (Å²) in [5.41, 5.74) is -4.02. The van der Waals surface area contributed by atoms with E-state index in [1.165, 1.54) is 6.07 Å². The van der Waals surface area contributed by atoms with Crippen LogP contribution in [0.4, 0.5) is 26.3 Å². The van der Waals surface area contributed by atoms with Gasteiger partial charge in [-0.1, -0.05) is 18.2 Å². The number of benzene rings is 1. The summed E-state index contributed by atoms with van der Waals surface area (Å²) in [6.07, 6.45) is -9.64. The molecule has 10 heteroatoms. The summed E-state index contributed by atoms with van der Waals surface area (Å²) >= 11 is 0. The van der Waals surface area contributed by atoms with E-state index in [9.17, 15) is 26.3 Å². The number of hydrogen-bond acceptors (Lipinski definition) is 3. The maximum Gasteiger partial charge on any atom is 0.490 e. The van der Waals surface area contributed by atoms with E-state index in [4.69, 9.17) is 10.0 Å². The van der Waals surface area contributed by atoms with E-state index in [0.29, 0.717) is 6.07 Å². The molecular weight excluding hydrogens is 327 g/mol. The van der Waals surface area contributed by atoms with Crippen LogP contribution in [0.15, 0.2) is 36.4 Å². The third-order valence-electron chi connectivity index (χ3n) is 2.96. The summed E-state index contributed by atoms with van der Waals surface area (Å²) in [5.74, 6) is 0. The molecule has 0 aliphatic rings. The van der Waals surface area contributed by atoms with E-state index in [1.54, 1.807) is 0 Å². The SMILES string of the molecule is OB(O)c1ccc(-c2cccc(C(F)(F)F)c2)nc1C(F)(F)F. The Morgan fingerprint density at radius 1 is 0.870 bits per heavy atom. The predicted octanol–water partition coefficient (Wildman–Crippen LogP) is 2.47. The lowest BCUT2D eigenvalue weighted by atomic mass is 9.78. The molecule has 2 N–H and O–H groups in total. The van der Waals surface area contributed by atoms with Gasteiger partial charge in [-0.2, -0.15) is 26.3 Å². The molecule has 3 nitrogen and oxygen atoms in total. The molecule has 122 valence electrons. The van der Waals surface area contributed by atoms with Crippen molar-refractivity contribution in [3.8, 4) is 11.3 Å². The zero-order valence-corrected chi connectivity index (χ0v) is 11.2. The molecule has 23 heavy (non-hydrogen) atoms. The number of hydrogen-bond donors (Lipinski definition) is 2. The van der Waals surface area contributed by atoms with Gasteiger partial charge in [0, 0.05) is 11.0 Å². The average Bonchev–Trinajstić information content (AvgIpc) is 2.45. The van der Waals surface area contributed by atoms with Gasteiger partial charge in [0.05, 0.1) is 11.3 Å². The lowest BCUT2D eigenvalue weighted by molar-refractivity contribution is -0.140. The van der Waals surface area contributed by atoms with Crippen molar-refractivity contribution in [1.29, 1.82) is 0 Å². The zero-order valence-electron chi connectivity index (χ0n) is 11.2. The molecule has 1 aromatic carbocycles. The molecule has 2 aromatic rings.